The predicted molar refractivity (Wildman–Crippen MR) is 116 cm³/mol. The number of carbonyl (C=O) groups is 1. The molecule has 30 heavy (non-hydrogen) atoms. The maximum atomic E-state index is 13.1. The Hall–Kier alpha value is -2.84. The summed E-state index contributed by atoms with van der Waals surface area (Å²) in [5, 5.41) is 21.8. The molecular weight excluding hydrogens is 400 g/mol. The molecule has 8 heteroatoms. The zero-order chi connectivity index (χ0) is 21.1. The van der Waals surface area contributed by atoms with Crippen LogP contribution in [-0.4, -0.2) is 31.9 Å². The molecule has 0 spiro atoms. The van der Waals surface area contributed by atoms with Crippen molar-refractivity contribution in [2.24, 2.45) is 0 Å². The van der Waals surface area contributed by atoms with Gasteiger partial charge in [-0.2, -0.15) is 0 Å². The molecule has 7 nitrogen and oxygen atoms in total. The van der Waals surface area contributed by atoms with E-state index in [0.717, 1.165) is 23.4 Å². The van der Waals surface area contributed by atoms with Crippen molar-refractivity contribution in [3.8, 4) is 0 Å². The van der Waals surface area contributed by atoms with Gasteiger partial charge in [-0.25, -0.2) is 0 Å². The van der Waals surface area contributed by atoms with Gasteiger partial charge in [-0.3, -0.25) is 14.9 Å². The number of benzene rings is 1. The summed E-state index contributed by atoms with van der Waals surface area (Å²) in [6.07, 6.45) is 4.88. The van der Waals surface area contributed by atoms with Gasteiger partial charge in [0, 0.05) is 18.7 Å². The number of aromatic nitrogens is 3. The molecule has 4 rings (SSSR count). The van der Waals surface area contributed by atoms with Crippen LogP contribution in [0.15, 0.2) is 47.4 Å². The topological polar surface area (TPSA) is 97.1 Å². The highest BCUT2D eigenvalue weighted by molar-refractivity contribution is 7.15. The maximum Gasteiger partial charge on any atom is 0.263 e. The number of hydrogen-bond acceptors (Lipinski definition) is 6. The minimum absolute atomic E-state index is 0.00653. The van der Waals surface area contributed by atoms with Gasteiger partial charge >= 0.3 is 0 Å². The molecule has 2 N–H and O–H groups in total. The lowest BCUT2D eigenvalue weighted by Gasteiger charge is -2.27. The van der Waals surface area contributed by atoms with Crippen LogP contribution >= 0.6 is 11.3 Å². The van der Waals surface area contributed by atoms with E-state index in [-0.39, 0.29) is 23.3 Å². The molecule has 0 radical (unpaired) electrons. The van der Waals surface area contributed by atoms with Crippen LogP contribution in [0.4, 0.5) is 5.13 Å². The number of rotatable bonds is 5. The number of aryl methyl sites for hydroxylation is 1. The Morgan fingerprint density at radius 3 is 2.63 bits per heavy atom. The zero-order valence-electron chi connectivity index (χ0n) is 16.7. The Balaban J connectivity index is 1.51. The lowest BCUT2D eigenvalue weighted by Crippen LogP contribution is -2.34. The van der Waals surface area contributed by atoms with E-state index in [9.17, 15) is 14.7 Å². The standard InChI is InChI=1S/C22H24N4O3S/c1-14-11-12-26(16-7-9-17(27)10-8-16)21(29)19(14)20(28)23-22-25-24-18(30-22)13-15-5-3-2-4-6-15/h2-6,11-12,16-17,27H,7-10,13H2,1H3,(H,23,25,28). The van der Waals surface area contributed by atoms with Crippen LogP contribution in [-0.2, 0) is 6.42 Å². The van der Waals surface area contributed by atoms with E-state index in [2.05, 4.69) is 15.5 Å². The first-order chi connectivity index (χ1) is 14.5. The van der Waals surface area contributed by atoms with Crippen molar-refractivity contribution in [2.75, 3.05) is 5.32 Å². The van der Waals surface area contributed by atoms with Crippen LogP contribution in [0.1, 0.15) is 58.2 Å². The minimum Gasteiger partial charge on any atom is -0.393 e. The second kappa shape index (κ2) is 8.89. The van der Waals surface area contributed by atoms with Crippen LogP contribution in [0.5, 0.6) is 0 Å². The summed E-state index contributed by atoms with van der Waals surface area (Å²) in [4.78, 5) is 25.9. The molecule has 2 aromatic heterocycles. The van der Waals surface area contributed by atoms with E-state index in [4.69, 9.17) is 0 Å². The number of amides is 1. The van der Waals surface area contributed by atoms with Crippen molar-refractivity contribution in [2.45, 2.75) is 51.2 Å². The highest BCUT2D eigenvalue weighted by Gasteiger charge is 2.24. The van der Waals surface area contributed by atoms with Crippen LogP contribution < -0.4 is 10.9 Å². The summed E-state index contributed by atoms with van der Waals surface area (Å²) in [5.41, 5.74) is 1.57. The van der Waals surface area contributed by atoms with Gasteiger partial charge in [0.2, 0.25) is 5.13 Å². The van der Waals surface area contributed by atoms with Crippen molar-refractivity contribution in [3.05, 3.63) is 74.6 Å². The fourth-order valence-corrected chi connectivity index (χ4v) is 4.62. The van der Waals surface area contributed by atoms with E-state index in [1.54, 1.807) is 23.8 Å². The summed E-state index contributed by atoms with van der Waals surface area (Å²) in [5.74, 6) is -0.467. The molecule has 0 unspecified atom stereocenters. The van der Waals surface area contributed by atoms with Crippen molar-refractivity contribution in [3.63, 3.8) is 0 Å². The first kappa shape index (κ1) is 20.4. The van der Waals surface area contributed by atoms with Crippen LogP contribution in [0.3, 0.4) is 0 Å². The number of nitrogens with zero attached hydrogens (tertiary/aromatic N) is 3. The molecule has 1 aliphatic rings. The molecule has 0 aliphatic heterocycles. The third kappa shape index (κ3) is 4.49. The quantitative estimate of drug-likeness (QED) is 0.655. The van der Waals surface area contributed by atoms with Gasteiger partial charge in [-0.15, -0.1) is 10.2 Å². The lowest BCUT2D eigenvalue weighted by atomic mass is 9.92. The summed E-state index contributed by atoms with van der Waals surface area (Å²) in [6.45, 7) is 1.76. The highest BCUT2D eigenvalue weighted by atomic mass is 32.1. The molecule has 0 atom stereocenters. The van der Waals surface area contributed by atoms with E-state index in [0.29, 0.717) is 30.0 Å². The SMILES string of the molecule is Cc1ccn(C2CCC(O)CC2)c(=O)c1C(=O)Nc1nnc(Cc2ccccc2)s1. The highest BCUT2D eigenvalue weighted by Crippen LogP contribution is 2.27. The van der Waals surface area contributed by atoms with E-state index in [1.807, 2.05) is 30.3 Å². The fourth-order valence-electron chi connectivity index (χ4n) is 3.85. The number of anilines is 1. The molecule has 0 saturated heterocycles. The van der Waals surface area contributed by atoms with Crippen molar-refractivity contribution < 1.29 is 9.90 Å². The maximum absolute atomic E-state index is 13.1. The van der Waals surface area contributed by atoms with Gasteiger partial charge in [0.15, 0.2) is 0 Å². The van der Waals surface area contributed by atoms with Gasteiger partial charge in [0.25, 0.3) is 11.5 Å². The Kier molecular flexibility index (Phi) is 6.06. The average molecular weight is 425 g/mol. The number of pyridine rings is 1. The molecule has 1 saturated carbocycles. The Labute approximate surface area is 178 Å². The second-order valence-corrected chi connectivity index (χ2v) is 8.73. The Morgan fingerprint density at radius 1 is 1.17 bits per heavy atom. The van der Waals surface area contributed by atoms with Crippen LogP contribution in [0.2, 0.25) is 0 Å². The molecule has 1 aliphatic carbocycles. The summed E-state index contributed by atoms with van der Waals surface area (Å²) in [7, 11) is 0. The van der Waals surface area contributed by atoms with Gasteiger partial charge in [-0.1, -0.05) is 41.7 Å². The van der Waals surface area contributed by atoms with Crippen molar-refractivity contribution in [1.82, 2.24) is 14.8 Å². The molecule has 156 valence electrons. The molecule has 1 aromatic carbocycles. The van der Waals surface area contributed by atoms with Gasteiger partial charge < -0.3 is 9.67 Å². The summed E-state index contributed by atoms with van der Waals surface area (Å²) < 4.78 is 1.63. The van der Waals surface area contributed by atoms with Gasteiger partial charge in [0.1, 0.15) is 10.6 Å². The Bertz CT molecular complexity index is 1090. The molecule has 1 fully saturated rings. The molecule has 1 amide bonds. The van der Waals surface area contributed by atoms with Crippen molar-refractivity contribution in [1.29, 1.82) is 0 Å². The number of aliphatic hydroxyl groups is 1. The van der Waals surface area contributed by atoms with Gasteiger partial charge in [-0.05, 0) is 49.8 Å². The third-order valence-electron chi connectivity index (χ3n) is 5.50. The molecule has 3 aromatic rings. The third-order valence-corrected chi connectivity index (χ3v) is 6.34. The predicted octanol–water partition coefficient (Wildman–Crippen LogP) is 3.33. The average Bonchev–Trinajstić information content (AvgIpc) is 3.16. The summed E-state index contributed by atoms with van der Waals surface area (Å²) in [6, 6.07) is 11.7. The van der Waals surface area contributed by atoms with Crippen LogP contribution in [0, 0.1) is 6.92 Å². The van der Waals surface area contributed by atoms with E-state index in [1.165, 1.54) is 11.3 Å². The zero-order valence-corrected chi connectivity index (χ0v) is 17.6. The Morgan fingerprint density at radius 2 is 1.90 bits per heavy atom. The number of nitrogens with one attached hydrogen (secondary N) is 1. The largest absolute Gasteiger partial charge is 0.393 e. The van der Waals surface area contributed by atoms with E-state index >= 15 is 0 Å². The number of hydrogen-bond donors (Lipinski definition) is 2. The molecular formula is C22H24N4O3S. The monoisotopic (exact) mass is 424 g/mol. The number of aliphatic hydroxyl groups excluding tert-OH is 1. The first-order valence-corrected chi connectivity index (χ1v) is 10.9. The normalized spacial score (nSPS) is 18.9. The fraction of sp³-hybridized carbons (Fsp3) is 0.364. The first-order valence-electron chi connectivity index (χ1n) is 10.1. The van der Waals surface area contributed by atoms with Crippen molar-refractivity contribution >= 4 is 22.4 Å². The van der Waals surface area contributed by atoms with Gasteiger partial charge in [0.05, 0.1) is 6.10 Å². The minimum atomic E-state index is -0.467. The molecule has 2 heterocycles. The van der Waals surface area contributed by atoms with Crippen LogP contribution in [0.25, 0.3) is 0 Å². The molecule has 0 bridgehead atoms. The smallest absolute Gasteiger partial charge is 0.263 e. The lowest BCUT2D eigenvalue weighted by molar-refractivity contribution is 0.101. The summed E-state index contributed by atoms with van der Waals surface area (Å²) >= 11 is 1.30. The number of carbonyl (C=O) groups excluding carboxylic acids is 1. The second-order valence-electron chi connectivity index (χ2n) is 7.67. The van der Waals surface area contributed by atoms with E-state index < -0.39 is 5.91 Å².